The Morgan fingerprint density at radius 1 is 1.54 bits per heavy atom. The third-order valence-corrected chi connectivity index (χ3v) is 2.04. The maximum atomic E-state index is 11.1. The number of likely N-dealkylation sites (tertiary alicyclic amines) is 1. The van der Waals surface area contributed by atoms with E-state index in [1.165, 1.54) is 7.05 Å². The lowest BCUT2D eigenvalue weighted by molar-refractivity contribution is -0.141. The van der Waals surface area contributed by atoms with Gasteiger partial charge in [-0.25, -0.2) is 9.59 Å². The largest absolute Gasteiger partial charge is 0.480 e. The number of carboxylic acid groups (broad SMARTS) is 1. The van der Waals surface area contributed by atoms with Crippen LogP contribution >= 0.6 is 0 Å². The fourth-order valence-electron chi connectivity index (χ4n) is 1.42. The van der Waals surface area contributed by atoms with Crippen molar-refractivity contribution in [3.05, 3.63) is 0 Å². The van der Waals surface area contributed by atoms with E-state index in [1.807, 2.05) is 0 Å². The summed E-state index contributed by atoms with van der Waals surface area (Å²) < 4.78 is 0. The molecule has 0 radical (unpaired) electrons. The number of carboxylic acids is 1. The number of aliphatic hydroxyl groups is 1. The van der Waals surface area contributed by atoms with Crippen molar-refractivity contribution in [2.45, 2.75) is 18.6 Å². The zero-order valence-corrected chi connectivity index (χ0v) is 7.23. The van der Waals surface area contributed by atoms with Gasteiger partial charge in [-0.15, -0.1) is 0 Å². The minimum atomic E-state index is -1.08. The zero-order chi connectivity index (χ0) is 10.0. The van der Waals surface area contributed by atoms with Gasteiger partial charge in [-0.3, -0.25) is 0 Å². The predicted octanol–water partition coefficient (Wildman–Crippen LogP) is -1.15. The van der Waals surface area contributed by atoms with Crippen LogP contribution in [0, 0.1) is 0 Å². The first-order chi connectivity index (χ1) is 6.06. The molecule has 1 aliphatic heterocycles. The molecule has 13 heavy (non-hydrogen) atoms. The molecule has 0 aromatic carbocycles. The van der Waals surface area contributed by atoms with Crippen molar-refractivity contribution in [3.8, 4) is 0 Å². The van der Waals surface area contributed by atoms with Crippen molar-refractivity contribution < 1.29 is 19.8 Å². The lowest BCUT2D eigenvalue weighted by atomic mass is 10.2. The van der Waals surface area contributed by atoms with E-state index in [-0.39, 0.29) is 13.0 Å². The molecule has 2 atom stereocenters. The van der Waals surface area contributed by atoms with Gasteiger partial charge in [0.2, 0.25) is 0 Å². The van der Waals surface area contributed by atoms with Crippen molar-refractivity contribution in [3.63, 3.8) is 0 Å². The molecule has 0 bridgehead atoms. The van der Waals surface area contributed by atoms with E-state index in [2.05, 4.69) is 5.32 Å². The maximum absolute atomic E-state index is 11.1. The van der Waals surface area contributed by atoms with Crippen LogP contribution in [0.5, 0.6) is 0 Å². The van der Waals surface area contributed by atoms with Crippen LogP contribution in [0.1, 0.15) is 6.42 Å². The highest BCUT2D eigenvalue weighted by Crippen LogP contribution is 2.17. The molecule has 0 aliphatic carbocycles. The van der Waals surface area contributed by atoms with E-state index in [9.17, 15) is 14.7 Å². The Morgan fingerprint density at radius 2 is 2.15 bits per heavy atom. The second kappa shape index (κ2) is 3.61. The van der Waals surface area contributed by atoms with E-state index in [0.29, 0.717) is 0 Å². The number of amides is 2. The van der Waals surface area contributed by atoms with Crippen molar-refractivity contribution >= 4 is 12.0 Å². The normalized spacial score (nSPS) is 27.4. The van der Waals surface area contributed by atoms with Gasteiger partial charge in [0.15, 0.2) is 0 Å². The van der Waals surface area contributed by atoms with Gasteiger partial charge in [-0.1, -0.05) is 0 Å². The van der Waals surface area contributed by atoms with E-state index >= 15 is 0 Å². The molecule has 2 amide bonds. The van der Waals surface area contributed by atoms with Crippen LogP contribution < -0.4 is 5.32 Å². The number of rotatable bonds is 1. The number of nitrogens with one attached hydrogen (secondary N) is 1. The topological polar surface area (TPSA) is 89.9 Å². The Labute approximate surface area is 75.1 Å². The molecule has 6 nitrogen and oxygen atoms in total. The lowest BCUT2D eigenvalue weighted by Crippen LogP contribution is -2.44. The van der Waals surface area contributed by atoms with Gasteiger partial charge in [0.1, 0.15) is 6.04 Å². The van der Waals surface area contributed by atoms with Crippen molar-refractivity contribution in [2.24, 2.45) is 0 Å². The van der Waals surface area contributed by atoms with Crippen molar-refractivity contribution in [1.29, 1.82) is 0 Å². The van der Waals surface area contributed by atoms with Gasteiger partial charge in [-0.2, -0.15) is 0 Å². The van der Waals surface area contributed by atoms with Crippen LogP contribution in [0.15, 0.2) is 0 Å². The highest BCUT2D eigenvalue weighted by molar-refractivity contribution is 5.83. The summed E-state index contributed by atoms with van der Waals surface area (Å²) in [5.41, 5.74) is 0. The number of carbonyl (C=O) groups is 2. The Morgan fingerprint density at radius 3 is 2.62 bits per heavy atom. The zero-order valence-electron chi connectivity index (χ0n) is 7.23. The van der Waals surface area contributed by atoms with E-state index < -0.39 is 24.1 Å². The Kier molecular flexibility index (Phi) is 2.72. The molecule has 0 aromatic rings. The SMILES string of the molecule is CNC(=O)N1C[C@H](O)C[C@H]1C(=O)O. The highest BCUT2D eigenvalue weighted by Gasteiger charge is 2.38. The van der Waals surface area contributed by atoms with Crippen molar-refractivity contribution in [2.75, 3.05) is 13.6 Å². The number of hydrogen-bond acceptors (Lipinski definition) is 3. The number of carbonyl (C=O) groups excluding carboxylic acids is 1. The van der Waals surface area contributed by atoms with E-state index in [1.54, 1.807) is 0 Å². The smallest absolute Gasteiger partial charge is 0.326 e. The number of β-amino-alcohol motifs (C(OH)–C–C–N with tert-alkyl or cyclic N) is 1. The molecule has 1 saturated heterocycles. The average molecular weight is 188 g/mol. The third-order valence-electron chi connectivity index (χ3n) is 2.04. The van der Waals surface area contributed by atoms with Crippen LogP contribution in [0.25, 0.3) is 0 Å². The standard InChI is InChI=1S/C7H12N2O4/c1-8-7(13)9-3-4(10)2-5(9)6(11)12/h4-5,10H,2-3H2,1H3,(H,8,13)(H,11,12)/t4-,5+/m1/s1. The predicted molar refractivity (Wildman–Crippen MR) is 43.2 cm³/mol. The monoisotopic (exact) mass is 188 g/mol. The van der Waals surface area contributed by atoms with Gasteiger partial charge in [0.25, 0.3) is 0 Å². The average Bonchev–Trinajstić information content (AvgIpc) is 2.46. The molecule has 1 heterocycles. The fourth-order valence-corrected chi connectivity index (χ4v) is 1.42. The first-order valence-electron chi connectivity index (χ1n) is 3.95. The minimum absolute atomic E-state index is 0.0800. The fraction of sp³-hybridized carbons (Fsp3) is 0.714. The van der Waals surface area contributed by atoms with Gasteiger partial charge in [0.05, 0.1) is 6.10 Å². The summed E-state index contributed by atoms with van der Waals surface area (Å²) in [6.07, 6.45) is -0.638. The van der Waals surface area contributed by atoms with Gasteiger partial charge < -0.3 is 20.4 Å². The highest BCUT2D eigenvalue weighted by atomic mass is 16.4. The second-order valence-corrected chi connectivity index (χ2v) is 2.95. The molecule has 1 aliphatic rings. The number of nitrogens with zero attached hydrogens (tertiary/aromatic N) is 1. The molecule has 0 spiro atoms. The lowest BCUT2D eigenvalue weighted by Gasteiger charge is -2.19. The number of aliphatic carboxylic acids is 1. The molecular formula is C7H12N2O4. The van der Waals surface area contributed by atoms with Gasteiger partial charge in [-0.05, 0) is 0 Å². The molecular weight excluding hydrogens is 176 g/mol. The number of aliphatic hydroxyl groups excluding tert-OH is 1. The van der Waals surface area contributed by atoms with E-state index in [4.69, 9.17) is 5.11 Å². The van der Waals surface area contributed by atoms with Crippen LogP contribution in [0.2, 0.25) is 0 Å². The summed E-state index contributed by atoms with van der Waals surface area (Å²) in [6.45, 7) is 0.0800. The van der Waals surface area contributed by atoms with Crippen LogP contribution in [-0.2, 0) is 4.79 Å². The molecule has 0 aromatic heterocycles. The Bertz CT molecular complexity index is 231. The summed E-state index contributed by atoms with van der Waals surface area (Å²) >= 11 is 0. The quantitative estimate of drug-likeness (QED) is 0.484. The van der Waals surface area contributed by atoms with Gasteiger partial charge >= 0.3 is 12.0 Å². The minimum Gasteiger partial charge on any atom is -0.480 e. The van der Waals surface area contributed by atoms with Crippen LogP contribution in [-0.4, -0.2) is 52.9 Å². The van der Waals surface area contributed by atoms with Crippen molar-refractivity contribution in [1.82, 2.24) is 10.2 Å². The molecule has 74 valence electrons. The second-order valence-electron chi connectivity index (χ2n) is 2.95. The Balaban J connectivity index is 2.71. The number of urea groups is 1. The first-order valence-corrected chi connectivity index (χ1v) is 3.95. The summed E-state index contributed by atoms with van der Waals surface area (Å²) in [7, 11) is 1.42. The molecule has 3 N–H and O–H groups in total. The summed E-state index contributed by atoms with van der Waals surface area (Å²) in [5.74, 6) is -1.08. The molecule has 1 fully saturated rings. The molecule has 0 unspecified atom stereocenters. The maximum Gasteiger partial charge on any atom is 0.326 e. The first kappa shape index (κ1) is 9.79. The van der Waals surface area contributed by atoms with E-state index in [0.717, 1.165) is 4.90 Å². The van der Waals surface area contributed by atoms with Gasteiger partial charge in [0, 0.05) is 20.0 Å². The third kappa shape index (κ3) is 1.89. The molecule has 1 rings (SSSR count). The van der Waals surface area contributed by atoms with Crippen LogP contribution in [0.4, 0.5) is 4.79 Å². The Hall–Kier alpha value is -1.30. The number of hydrogen-bond donors (Lipinski definition) is 3. The van der Waals surface area contributed by atoms with Crippen LogP contribution in [0.3, 0.4) is 0 Å². The molecule has 6 heteroatoms. The summed E-state index contributed by atoms with van der Waals surface area (Å²) in [4.78, 5) is 22.9. The molecule has 0 saturated carbocycles. The summed E-state index contributed by atoms with van der Waals surface area (Å²) in [5, 5.41) is 20.2. The summed E-state index contributed by atoms with van der Waals surface area (Å²) in [6, 6.07) is -1.38.